The first-order valence-corrected chi connectivity index (χ1v) is 30.9. The first kappa shape index (κ1) is 56.0. The van der Waals surface area contributed by atoms with Crippen LogP contribution in [0, 0.1) is 0 Å². The van der Waals surface area contributed by atoms with Crippen molar-refractivity contribution in [3.63, 3.8) is 0 Å². The zero-order valence-electron chi connectivity index (χ0n) is 47.0. The first-order valence-electron chi connectivity index (χ1n) is 26.6. The van der Waals surface area contributed by atoms with E-state index < -0.39 is 8.09 Å². The molecule has 81 heavy (non-hydrogen) atoms. The van der Waals surface area contributed by atoms with E-state index in [4.69, 9.17) is 8.84 Å². The lowest BCUT2D eigenvalue weighted by Crippen LogP contribution is -2.25. The smallest absolute Gasteiger partial charge is 0.169 e. The van der Waals surface area contributed by atoms with Gasteiger partial charge in [0, 0.05) is 98.1 Å². The second-order valence-corrected chi connectivity index (χ2v) is 20.5. The second-order valence-electron chi connectivity index (χ2n) is 19.3. The van der Waals surface area contributed by atoms with Crippen LogP contribution >= 0.6 is 39.6 Å². The summed E-state index contributed by atoms with van der Waals surface area (Å²) in [7, 11) is 14.2. The molecule has 0 spiro atoms. The van der Waals surface area contributed by atoms with Crippen molar-refractivity contribution >= 4 is 47.2 Å². The zero-order valence-corrected chi connectivity index (χ0v) is 50.2. The number of pyridine rings is 8. The van der Waals surface area contributed by atoms with Gasteiger partial charge in [0.2, 0.25) is 0 Å². The van der Waals surface area contributed by atoms with Crippen molar-refractivity contribution in [2.45, 2.75) is 0 Å². The minimum atomic E-state index is -0.954. The summed E-state index contributed by atoms with van der Waals surface area (Å²) in [6.45, 7) is 0. The van der Waals surface area contributed by atoms with Crippen LogP contribution in [0.1, 0.15) is 0 Å². The molecular weight excluding hydrogens is 1140 g/mol. The maximum atomic E-state index is 6.39. The van der Waals surface area contributed by atoms with Crippen LogP contribution in [-0.2, 0) is 28.2 Å². The van der Waals surface area contributed by atoms with Crippen molar-refractivity contribution in [1.82, 2.24) is 19.9 Å². The number of benzene rings is 4. The molecule has 12 aromatic rings. The standard InChI is InChI=1S/C36H34N4.C32H22N4.CH3I.BH3P2/c1-37-13-5-27(6-14-37)31-21-32(28-7-15-38(2)16-8-28)24-35(23-31)36-25-33(29-9-17-39(3)18-10-29)22-34(26-36)30-11-19-40(4)20-12-30;1-9-33-10-2-23(1)27-17-28(24-3-11-34-12-4-24)20-31(19-27)32-21-29(25-5-13-35-14-6-25)18-30(22-32)26-7-15-36-16-8-26;1-2;1-3-2/h5-26H,1-4H3;1-22H;1H3;3H,2H2/q+4;;;/i;;;3T. The maximum Gasteiger partial charge on any atom is 0.169 e. The fourth-order valence-electron chi connectivity index (χ4n) is 9.46. The molecule has 8 heterocycles. The fraction of sp³-hybridized carbons (Fsp3) is 0.0725. The predicted octanol–water partition coefficient (Wildman–Crippen LogP) is 14.5. The summed E-state index contributed by atoms with van der Waals surface area (Å²) < 4.78 is 14.7. The van der Waals surface area contributed by atoms with Crippen molar-refractivity contribution in [3.05, 3.63) is 269 Å². The quantitative estimate of drug-likeness (QED) is 0.0450. The highest BCUT2D eigenvalue weighted by molar-refractivity contribution is 14.1. The van der Waals surface area contributed by atoms with Gasteiger partial charge in [0.05, 0.1) is 1.28 Å². The summed E-state index contributed by atoms with van der Waals surface area (Å²) >= 11 is 2.15. The number of alkyl halides is 1. The van der Waals surface area contributed by atoms with Crippen molar-refractivity contribution in [2.24, 2.45) is 28.2 Å². The highest BCUT2D eigenvalue weighted by Gasteiger charge is 2.15. The summed E-state index contributed by atoms with van der Waals surface area (Å²) in [5.41, 5.74) is 23.3. The van der Waals surface area contributed by atoms with E-state index in [1.807, 2.05) is 103 Å². The number of nitrogens with zero attached hydrogens (tertiary/aromatic N) is 8. The molecule has 0 bridgehead atoms. The highest BCUT2D eigenvalue weighted by atomic mass is 127. The average Bonchev–Trinajstić information content (AvgIpc) is 3.70. The lowest BCUT2D eigenvalue weighted by Gasteiger charge is -2.14. The zero-order chi connectivity index (χ0) is 57.4. The third kappa shape index (κ3) is 15.2. The van der Waals surface area contributed by atoms with Gasteiger partial charge in [-0.2, -0.15) is 8.09 Å². The van der Waals surface area contributed by atoms with Crippen molar-refractivity contribution in [3.8, 4) is 111 Å². The van der Waals surface area contributed by atoms with E-state index in [2.05, 4.69) is 269 Å². The summed E-state index contributed by atoms with van der Waals surface area (Å²) in [4.78, 5) is 18.8. The van der Waals surface area contributed by atoms with Crippen LogP contribution in [-0.4, -0.2) is 33.7 Å². The number of rotatable bonds is 10. The molecule has 0 saturated heterocycles. The van der Waals surface area contributed by atoms with Crippen molar-refractivity contribution in [1.29, 1.82) is 1.28 Å². The van der Waals surface area contributed by atoms with Gasteiger partial charge in [-0.15, -0.1) is 8.93 Å². The van der Waals surface area contributed by atoms with Gasteiger partial charge in [0.1, 0.15) is 35.8 Å². The molecule has 8 aromatic heterocycles. The summed E-state index contributed by atoms with van der Waals surface area (Å²) in [5.74, 6) is 0. The Kier molecular flexibility index (Phi) is 19.5. The lowest BCUT2D eigenvalue weighted by molar-refractivity contribution is -0.671. The van der Waals surface area contributed by atoms with E-state index in [9.17, 15) is 0 Å². The van der Waals surface area contributed by atoms with Gasteiger partial charge in [-0.05, 0) is 238 Å². The van der Waals surface area contributed by atoms with Gasteiger partial charge in [-0.25, -0.2) is 18.3 Å². The molecule has 0 N–H and O–H groups in total. The van der Waals surface area contributed by atoms with Crippen LogP contribution in [0.25, 0.3) is 111 Å². The van der Waals surface area contributed by atoms with E-state index in [1.165, 1.54) is 55.6 Å². The Labute approximate surface area is 496 Å². The SMILES string of the molecule is CI.C[n+]1ccc(-c2cc(-c3cc[n+](C)cc3)cc(-c3cc(-c4cc[n+](C)cc4)cc(-c4cc[n+](C)cc4)c3)c2)cc1.[3H]P([B])P.c1cc(-c2cc(-c3ccncc3)cc(-c3cc(-c4ccncc4)cc(-c4ccncc4)c3)c2)ccn1. The number of hydrogen-bond donors (Lipinski definition) is 0. The molecule has 0 fully saturated rings. The van der Waals surface area contributed by atoms with Crippen molar-refractivity contribution < 1.29 is 18.3 Å². The third-order valence-corrected chi connectivity index (χ3v) is 13.7. The third-order valence-electron chi connectivity index (χ3n) is 13.7. The van der Waals surface area contributed by atoms with E-state index >= 15 is 0 Å². The monoisotopic (exact) mass is 1200 g/mol. The van der Waals surface area contributed by atoms with Crippen LogP contribution in [0.4, 0.5) is 0 Å². The molecule has 12 rings (SSSR count). The highest BCUT2D eigenvalue weighted by Crippen LogP contribution is 2.39. The summed E-state index contributed by atoms with van der Waals surface area (Å²) in [5, 5.41) is 0. The Balaban J connectivity index is 0.000000181. The molecule has 2 unspecified atom stereocenters. The molecule has 0 aliphatic rings. The molecule has 8 nitrogen and oxygen atoms in total. The van der Waals surface area contributed by atoms with Crippen molar-refractivity contribution in [2.75, 3.05) is 4.93 Å². The second kappa shape index (κ2) is 28.2. The van der Waals surface area contributed by atoms with E-state index in [0.29, 0.717) is 0 Å². The topological polar surface area (TPSA) is 67.1 Å². The Hall–Kier alpha value is -8.27. The number of halogens is 1. The van der Waals surface area contributed by atoms with Gasteiger partial charge in [-0.3, -0.25) is 19.9 Å². The summed E-state index contributed by atoms with van der Waals surface area (Å²) in [6, 6.07) is 61.2. The number of aromatic nitrogens is 8. The lowest BCUT2D eigenvalue weighted by atomic mass is 9.90. The molecule has 4 aromatic carbocycles. The summed E-state index contributed by atoms with van der Waals surface area (Å²) in [6.07, 6.45) is 31.5. The van der Waals surface area contributed by atoms with Gasteiger partial charge >= 0.3 is 0 Å². The van der Waals surface area contributed by atoms with Gasteiger partial charge in [0.25, 0.3) is 0 Å². The minimum absolute atomic E-state index is 0.954. The number of aryl methyl sites for hydroxylation is 4. The number of hydrogen-bond acceptors (Lipinski definition) is 4. The Morgan fingerprint density at radius 3 is 0.531 bits per heavy atom. The Morgan fingerprint density at radius 2 is 0.395 bits per heavy atom. The molecule has 0 aliphatic carbocycles. The first-order chi connectivity index (χ1) is 40.0. The van der Waals surface area contributed by atoms with Crippen LogP contribution in [0.15, 0.2) is 269 Å². The van der Waals surface area contributed by atoms with Crippen LogP contribution in [0.5, 0.6) is 0 Å². The molecule has 394 valence electrons. The van der Waals surface area contributed by atoms with Crippen LogP contribution in [0.2, 0.25) is 0 Å². The van der Waals surface area contributed by atoms with E-state index in [-0.39, 0.29) is 0 Å². The normalized spacial score (nSPS) is 11.1. The average molecular weight is 1200 g/mol. The molecule has 12 heteroatoms. The Bertz CT molecular complexity index is 3490. The molecule has 0 amide bonds. The maximum absolute atomic E-state index is 6.39. The van der Waals surface area contributed by atoms with Gasteiger partial charge in [0.15, 0.2) is 49.6 Å². The largest absolute Gasteiger partial charge is 0.265 e. The minimum Gasteiger partial charge on any atom is -0.265 e. The van der Waals surface area contributed by atoms with Gasteiger partial charge in [-0.1, -0.05) is 22.6 Å². The van der Waals surface area contributed by atoms with Crippen LogP contribution in [0.3, 0.4) is 0 Å². The predicted molar refractivity (Wildman–Crippen MR) is 347 cm³/mol. The van der Waals surface area contributed by atoms with Gasteiger partial charge < -0.3 is 0 Å². The molecule has 0 aliphatic heterocycles. The molecule has 0 saturated carbocycles. The molecular formula is C69H62BIN8P2+4. The molecule has 2 radical (unpaired) electrons. The van der Waals surface area contributed by atoms with E-state index in [0.717, 1.165) is 55.6 Å². The Morgan fingerprint density at radius 1 is 0.284 bits per heavy atom. The molecule has 2 atom stereocenters. The van der Waals surface area contributed by atoms with E-state index in [1.54, 1.807) is 0 Å². The fourth-order valence-corrected chi connectivity index (χ4v) is 9.46. The van der Waals surface area contributed by atoms with Crippen LogP contribution < -0.4 is 18.3 Å².